The highest BCUT2D eigenvalue weighted by molar-refractivity contribution is 7.79. The van der Waals surface area contributed by atoms with Crippen molar-refractivity contribution in [3.8, 4) is 0 Å². The van der Waals surface area contributed by atoms with Crippen molar-refractivity contribution in [1.82, 2.24) is 4.90 Å². The number of nitrogens with zero attached hydrogens (tertiary/aromatic N) is 3. The highest BCUT2D eigenvalue weighted by atomic mass is 32.3. The second-order valence-electron chi connectivity index (χ2n) is 5.79. The van der Waals surface area contributed by atoms with Gasteiger partial charge in [0.15, 0.2) is 0 Å². The molecule has 0 spiro atoms. The number of allylic oxidation sites excluding steroid dienone is 3. The van der Waals surface area contributed by atoms with E-state index < -0.39 is 10.4 Å². The molecule has 0 heterocycles. The average Bonchev–Trinajstić information content (AvgIpc) is 2.54. The van der Waals surface area contributed by atoms with E-state index in [9.17, 15) is 5.53 Å². The van der Waals surface area contributed by atoms with Crippen LogP contribution >= 0.6 is 0 Å². The number of likely N-dealkylation sites (N-methyl/N-ethyl adjacent to an activating group) is 1. The Hall–Kier alpha value is -1.87. The molecular weight excluding hydrogens is 362 g/mol. The van der Waals surface area contributed by atoms with Gasteiger partial charge in [-0.1, -0.05) is 26.7 Å². The maximum absolute atomic E-state index is 9.21. The van der Waals surface area contributed by atoms with Crippen molar-refractivity contribution < 1.29 is 31.8 Å². The van der Waals surface area contributed by atoms with Crippen LogP contribution in [0.4, 0.5) is 0 Å². The smallest absolute Gasteiger partial charge is 0.394 e. The molecule has 1 rings (SSSR count). The van der Waals surface area contributed by atoms with Gasteiger partial charge in [-0.25, -0.2) is 0 Å². The third-order valence-corrected chi connectivity index (χ3v) is 3.30. The summed E-state index contributed by atoms with van der Waals surface area (Å²) in [6.45, 7) is 5.56. The Balaban J connectivity index is 0.00000110. The van der Waals surface area contributed by atoms with E-state index in [-0.39, 0.29) is 0 Å². The van der Waals surface area contributed by atoms with Gasteiger partial charge in [0.05, 0.1) is 18.9 Å². The molecule has 0 saturated carbocycles. The minimum Gasteiger partial charge on any atom is -0.495 e. The van der Waals surface area contributed by atoms with Gasteiger partial charge in [-0.15, -0.1) is 0 Å². The van der Waals surface area contributed by atoms with Crippen molar-refractivity contribution >= 4 is 16.1 Å². The Bertz CT molecular complexity index is 641. The van der Waals surface area contributed by atoms with Gasteiger partial charge in [-0.05, 0) is 12.8 Å². The lowest BCUT2D eigenvalue weighted by Gasteiger charge is -2.23. The van der Waals surface area contributed by atoms with E-state index >= 15 is 0 Å². The van der Waals surface area contributed by atoms with Crippen molar-refractivity contribution in [3.63, 3.8) is 0 Å². The Morgan fingerprint density at radius 1 is 1.15 bits per heavy atom. The van der Waals surface area contributed by atoms with E-state index in [1.54, 1.807) is 0 Å². The summed E-state index contributed by atoms with van der Waals surface area (Å²) >= 11 is 0. The molecule has 2 N–H and O–H groups in total. The molecule has 0 fully saturated rings. The number of hydrogen-bond acceptors (Lipinski definition) is 5. The van der Waals surface area contributed by atoms with Crippen LogP contribution in [-0.4, -0.2) is 60.2 Å². The van der Waals surface area contributed by atoms with Crippen LogP contribution in [0.25, 0.3) is 5.53 Å². The van der Waals surface area contributed by atoms with Crippen LogP contribution in [0.5, 0.6) is 0 Å². The third kappa shape index (κ3) is 10.9. The molecular formula is C16H29N3O6S. The van der Waals surface area contributed by atoms with Crippen LogP contribution in [0.2, 0.25) is 0 Å². The molecule has 0 unspecified atom stereocenters. The Morgan fingerprint density at radius 2 is 1.65 bits per heavy atom. The van der Waals surface area contributed by atoms with E-state index in [1.807, 2.05) is 25.1 Å². The van der Waals surface area contributed by atoms with Crippen LogP contribution in [0.1, 0.15) is 46.0 Å². The lowest BCUT2D eigenvalue weighted by molar-refractivity contribution is -0.0141. The van der Waals surface area contributed by atoms with Crippen molar-refractivity contribution in [2.45, 2.75) is 46.0 Å². The van der Waals surface area contributed by atoms with Crippen molar-refractivity contribution in [2.24, 2.45) is 0 Å². The van der Waals surface area contributed by atoms with E-state index in [2.05, 4.69) is 18.6 Å². The molecule has 0 amide bonds. The van der Waals surface area contributed by atoms with Gasteiger partial charge in [0.25, 0.3) is 0 Å². The number of hydrogen-bond donors (Lipinski definition) is 2. The molecule has 0 aliphatic heterocycles. The molecule has 9 nitrogen and oxygen atoms in total. The zero-order valence-electron chi connectivity index (χ0n) is 15.8. The first-order valence-corrected chi connectivity index (χ1v) is 9.82. The lowest BCUT2D eigenvalue weighted by Crippen LogP contribution is -2.23. The summed E-state index contributed by atoms with van der Waals surface area (Å²) in [7, 11) is -0.723. The molecule has 0 aromatic heterocycles. The summed E-state index contributed by atoms with van der Waals surface area (Å²) in [5.41, 5.74) is 10.7. The minimum absolute atomic E-state index is 0.464. The van der Waals surface area contributed by atoms with Gasteiger partial charge < -0.3 is 19.9 Å². The maximum Gasteiger partial charge on any atom is 0.394 e. The summed E-state index contributed by atoms with van der Waals surface area (Å²) in [5, 5.41) is 0. The largest absolute Gasteiger partial charge is 0.495 e. The molecule has 150 valence electrons. The highest BCUT2D eigenvalue weighted by Gasteiger charge is 2.28. The van der Waals surface area contributed by atoms with E-state index in [0.29, 0.717) is 31.1 Å². The van der Waals surface area contributed by atoms with Gasteiger partial charge in [0, 0.05) is 20.2 Å². The minimum atomic E-state index is -4.67. The summed E-state index contributed by atoms with van der Waals surface area (Å²) in [5.74, 6) is 1.47. The molecule has 0 radical (unpaired) electrons. The predicted octanol–water partition coefficient (Wildman–Crippen LogP) is 2.70. The highest BCUT2D eigenvalue weighted by Crippen LogP contribution is 2.25. The summed E-state index contributed by atoms with van der Waals surface area (Å²) in [6.07, 6.45) is 6.52. The second kappa shape index (κ2) is 12.5. The SMILES string of the molecule is CCCCOC1=CC(N(C)C)=C(OCCCC)CC1=[N+]=[N-].O=S(=O)(O)O. The molecule has 0 saturated heterocycles. The number of unbranched alkanes of at least 4 members (excludes halogenated alkanes) is 2. The zero-order valence-corrected chi connectivity index (χ0v) is 16.6. The van der Waals surface area contributed by atoms with Gasteiger partial charge >= 0.3 is 16.1 Å². The van der Waals surface area contributed by atoms with Crippen LogP contribution < -0.4 is 0 Å². The Morgan fingerprint density at radius 3 is 2.08 bits per heavy atom. The van der Waals surface area contributed by atoms with Gasteiger partial charge in [0.2, 0.25) is 5.76 Å². The standard InChI is InChI=1S/C16H27N3O2.H2O4S/c1-5-7-9-20-15-12-14(19(3)4)16(11-13(15)18-17)21-10-8-6-2;1-5(2,3)4/h12H,5-11H2,1-4H3;(H2,1,2,3,4). The average molecular weight is 391 g/mol. The van der Waals surface area contributed by atoms with Crippen LogP contribution in [0, 0.1) is 0 Å². The topological polar surface area (TPSA) is 133 Å². The summed E-state index contributed by atoms with van der Waals surface area (Å²) in [6, 6.07) is 0. The normalized spacial score (nSPS) is 14.1. The number of ether oxygens (including phenoxy) is 2. The predicted molar refractivity (Wildman–Crippen MR) is 97.9 cm³/mol. The van der Waals surface area contributed by atoms with Crippen LogP contribution in [-0.2, 0) is 19.9 Å². The summed E-state index contributed by atoms with van der Waals surface area (Å²) < 4.78 is 43.2. The lowest BCUT2D eigenvalue weighted by atomic mass is 10.1. The monoisotopic (exact) mass is 391 g/mol. The molecule has 0 atom stereocenters. The first kappa shape index (κ1) is 24.1. The quantitative estimate of drug-likeness (QED) is 0.267. The number of rotatable bonds is 9. The molecule has 1 aliphatic carbocycles. The maximum atomic E-state index is 9.21. The van der Waals surface area contributed by atoms with Crippen LogP contribution in [0.3, 0.4) is 0 Å². The van der Waals surface area contributed by atoms with Crippen molar-refractivity contribution in [1.29, 1.82) is 0 Å². The van der Waals surface area contributed by atoms with Crippen molar-refractivity contribution in [3.05, 3.63) is 28.8 Å². The molecule has 0 aromatic rings. The first-order chi connectivity index (χ1) is 12.1. The van der Waals surface area contributed by atoms with Gasteiger partial charge in [-0.3, -0.25) is 9.11 Å². The van der Waals surface area contributed by atoms with E-state index in [4.69, 9.17) is 27.0 Å². The van der Waals surface area contributed by atoms with Gasteiger partial charge in [0.1, 0.15) is 12.2 Å². The fraction of sp³-hybridized carbons (Fsp3) is 0.688. The molecule has 26 heavy (non-hydrogen) atoms. The first-order valence-electron chi connectivity index (χ1n) is 8.42. The fourth-order valence-electron chi connectivity index (χ4n) is 2.00. The van der Waals surface area contributed by atoms with Crippen molar-refractivity contribution in [2.75, 3.05) is 27.3 Å². The van der Waals surface area contributed by atoms with E-state index in [1.165, 1.54) is 0 Å². The molecule has 10 heteroatoms. The summed E-state index contributed by atoms with van der Waals surface area (Å²) in [4.78, 5) is 5.37. The molecule has 1 aliphatic rings. The molecule has 0 aromatic carbocycles. The zero-order chi connectivity index (χ0) is 20.2. The Kier molecular flexibility index (Phi) is 11.6. The van der Waals surface area contributed by atoms with Crippen LogP contribution in [0.15, 0.2) is 23.3 Å². The third-order valence-electron chi connectivity index (χ3n) is 3.30. The van der Waals surface area contributed by atoms with E-state index in [0.717, 1.165) is 37.1 Å². The Labute approximate surface area is 155 Å². The molecule has 0 bridgehead atoms. The fourth-order valence-corrected chi connectivity index (χ4v) is 2.00. The second-order valence-corrected chi connectivity index (χ2v) is 6.68. The van der Waals surface area contributed by atoms with Gasteiger partial charge in [-0.2, -0.15) is 13.2 Å².